The zero-order chi connectivity index (χ0) is 18.1. The average molecular weight is 367 g/mol. The Hall–Kier alpha value is -3.26. The van der Waals surface area contributed by atoms with Gasteiger partial charge in [-0.25, -0.2) is 17.7 Å². The summed E-state index contributed by atoms with van der Waals surface area (Å²) in [7, 11) is -3.65. The lowest BCUT2D eigenvalue weighted by molar-refractivity contribution is 0.112. The van der Waals surface area contributed by atoms with Gasteiger partial charge in [-0.3, -0.25) is 4.79 Å². The quantitative estimate of drug-likeness (QED) is 0.659. The smallest absolute Gasteiger partial charge is 0.323 e. The zero-order valence-corrected chi connectivity index (χ0v) is 14.3. The van der Waals surface area contributed by atoms with E-state index < -0.39 is 10.0 Å². The molecule has 1 aliphatic rings. The van der Waals surface area contributed by atoms with Crippen LogP contribution in [0, 0.1) is 0 Å². The topological polar surface area (TPSA) is 89.5 Å². The van der Waals surface area contributed by atoms with Gasteiger partial charge in [0.1, 0.15) is 17.9 Å². The maximum absolute atomic E-state index is 12.7. The highest BCUT2D eigenvalue weighted by Gasteiger charge is 2.35. The highest BCUT2D eigenvalue weighted by molar-refractivity contribution is 7.93. The fourth-order valence-electron chi connectivity index (χ4n) is 2.69. The number of carbonyl (C=O) groups excluding carboxylic acids is 1. The molecule has 0 saturated carbocycles. The van der Waals surface area contributed by atoms with Gasteiger partial charge in [0.2, 0.25) is 0 Å². The van der Waals surface area contributed by atoms with Gasteiger partial charge in [0.05, 0.1) is 11.4 Å². The third kappa shape index (κ3) is 2.80. The first-order valence-electron chi connectivity index (χ1n) is 7.75. The van der Waals surface area contributed by atoms with Crippen LogP contribution in [0.4, 0.5) is 5.82 Å². The number of carbonyl (C=O) groups is 1. The summed E-state index contributed by atoms with van der Waals surface area (Å²) in [5, 5.41) is 0. The van der Waals surface area contributed by atoms with E-state index >= 15 is 0 Å². The van der Waals surface area contributed by atoms with E-state index in [0.717, 1.165) is 11.8 Å². The van der Waals surface area contributed by atoms with Gasteiger partial charge in [-0.2, -0.15) is 4.98 Å². The number of benzene rings is 2. The summed E-state index contributed by atoms with van der Waals surface area (Å²) in [6.07, 6.45) is 2.17. The Labute approximate surface area is 150 Å². The zero-order valence-electron chi connectivity index (χ0n) is 13.4. The number of anilines is 1. The second-order valence-corrected chi connectivity index (χ2v) is 7.44. The Bertz CT molecular complexity index is 1080. The normalized spacial score (nSPS) is 14.7. The van der Waals surface area contributed by atoms with Crippen molar-refractivity contribution in [1.82, 2.24) is 9.97 Å². The number of aldehydes is 1. The molecule has 0 spiro atoms. The van der Waals surface area contributed by atoms with Gasteiger partial charge in [-0.05, 0) is 35.9 Å². The first-order valence-corrected chi connectivity index (χ1v) is 9.19. The highest BCUT2D eigenvalue weighted by atomic mass is 32.2. The lowest BCUT2D eigenvalue weighted by Gasteiger charge is -2.16. The van der Waals surface area contributed by atoms with Gasteiger partial charge in [-0.1, -0.05) is 18.2 Å². The molecule has 0 atom stereocenters. The van der Waals surface area contributed by atoms with Gasteiger partial charge in [0.15, 0.2) is 0 Å². The molecule has 0 fully saturated rings. The average Bonchev–Trinajstić information content (AvgIpc) is 2.94. The Morgan fingerprint density at radius 2 is 1.81 bits per heavy atom. The van der Waals surface area contributed by atoms with E-state index in [2.05, 4.69) is 9.97 Å². The molecule has 2 heterocycles. The van der Waals surface area contributed by atoms with Crippen molar-refractivity contribution in [2.45, 2.75) is 11.4 Å². The second-order valence-electron chi connectivity index (χ2n) is 5.61. The lowest BCUT2D eigenvalue weighted by atomic mass is 10.2. The lowest BCUT2D eigenvalue weighted by Crippen LogP contribution is -2.24. The molecule has 4 rings (SSSR count). The SMILES string of the molecule is O=Cc1ccc(Oc2nccc(N3Cc4ccccc4S3(=O)=O)n2)cc1. The van der Waals surface area contributed by atoms with Gasteiger partial charge < -0.3 is 4.74 Å². The predicted octanol–water partition coefficient (Wildman–Crippen LogP) is 2.79. The summed E-state index contributed by atoms with van der Waals surface area (Å²) in [5.41, 5.74) is 1.24. The molecule has 0 N–H and O–H groups in total. The molecule has 0 saturated heterocycles. The van der Waals surface area contributed by atoms with Crippen LogP contribution in [-0.4, -0.2) is 24.7 Å². The van der Waals surface area contributed by atoms with E-state index in [1.807, 2.05) is 0 Å². The molecule has 0 radical (unpaired) electrons. The number of hydrogen-bond donors (Lipinski definition) is 0. The van der Waals surface area contributed by atoms with Crippen LogP contribution >= 0.6 is 0 Å². The number of aromatic nitrogens is 2. The molecule has 1 aromatic heterocycles. The molecule has 8 heteroatoms. The van der Waals surface area contributed by atoms with Crippen molar-refractivity contribution in [3.05, 3.63) is 71.9 Å². The van der Waals surface area contributed by atoms with Crippen LogP contribution in [0.2, 0.25) is 0 Å². The molecule has 26 heavy (non-hydrogen) atoms. The van der Waals surface area contributed by atoms with Crippen molar-refractivity contribution in [3.8, 4) is 11.8 Å². The Morgan fingerprint density at radius 3 is 2.54 bits per heavy atom. The summed E-state index contributed by atoms with van der Waals surface area (Å²) in [5.74, 6) is 0.677. The van der Waals surface area contributed by atoms with Gasteiger partial charge in [-0.15, -0.1) is 0 Å². The first-order chi connectivity index (χ1) is 12.6. The van der Waals surface area contributed by atoms with Crippen LogP contribution in [-0.2, 0) is 16.6 Å². The largest absolute Gasteiger partial charge is 0.424 e. The molecular formula is C18H13N3O4S. The maximum atomic E-state index is 12.7. The monoisotopic (exact) mass is 367 g/mol. The first kappa shape index (κ1) is 16.2. The minimum absolute atomic E-state index is 0.0208. The van der Waals surface area contributed by atoms with E-state index in [-0.39, 0.29) is 23.3 Å². The van der Waals surface area contributed by atoms with Crippen LogP contribution in [0.25, 0.3) is 0 Å². The Kier molecular flexibility index (Phi) is 3.89. The molecule has 1 aliphatic heterocycles. The number of fused-ring (bicyclic) bond motifs is 1. The van der Waals surface area contributed by atoms with Gasteiger partial charge in [0.25, 0.3) is 10.0 Å². The van der Waals surface area contributed by atoms with Crippen molar-refractivity contribution in [2.24, 2.45) is 0 Å². The summed E-state index contributed by atoms with van der Waals surface area (Å²) in [4.78, 5) is 19.2. The van der Waals surface area contributed by atoms with Crippen molar-refractivity contribution >= 4 is 22.1 Å². The molecule has 0 amide bonds. The molecule has 0 unspecified atom stereocenters. The van der Waals surface area contributed by atoms with E-state index in [9.17, 15) is 13.2 Å². The third-order valence-corrected chi connectivity index (χ3v) is 5.80. The number of sulfonamides is 1. The van der Waals surface area contributed by atoms with Crippen molar-refractivity contribution < 1.29 is 17.9 Å². The van der Waals surface area contributed by atoms with Crippen molar-refractivity contribution in [3.63, 3.8) is 0 Å². The number of ether oxygens (including phenoxy) is 1. The highest BCUT2D eigenvalue weighted by Crippen LogP contribution is 2.33. The minimum atomic E-state index is -3.65. The minimum Gasteiger partial charge on any atom is -0.424 e. The van der Waals surface area contributed by atoms with Crippen molar-refractivity contribution in [2.75, 3.05) is 4.31 Å². The van der Waals surface area contributed by atoms with Crippen molar-refractivity contribution in [1.29, 1.82) is 0 Å². The van der Waals surface area contributed by atoms with Crippen LogP contribution < -0.4 is 9.04 Å². The summed E-state index contributed by atoms with van der Waals surface area (Å²) >= 11 is 0. The standard InChI is InChI=1S/C18H13N3O4S/c22-12-13-5-7-15(8-6-13)25-18-19-10-9-17(20-18)21-11-14-3-1-2-4-16(14)26(21,23)24/h1-10,12H,11H2. The molecule has 2 aromatic carbocycles. The van der Waals surface area contributed by atoms with E-state index in [0.29, 0.717) is 11.3 Å². The van der Waals surface area contributed by atoms with Gasteiger partial charge >= 0.3 is 6.01 Å². The summed E-state index contributed by atoms with van der Waals surface area (Å²) < 4.78 is 32.2. The van der Waals surface area contributed by atoms with Crippen LogP contribution in [0.1, 0.15) is 15.9 Å². The maximum Gasteiger partial charge on any atom is 0.323 e. The predicted molar refractivity (Wildman–Crippen MR) is 93.7 cm³/mol. The van der Waals surface area contributed by atoms with Crippen LogP contribution in [0.3, 0.4) is 0 Å². The third-order valence-electron chi connectivity index (χ3n) is 3.95. The molecule has 130 valence electrons. The molecular weight excluding hydrogens is 354 g/mol. The molecule has 0 bridgehead atoms. The fraction of sp³-hybridized carbons (Fsp3) is 0.0556. The number of rotatable bonds is 4. The van der Waals surface area contributed by atoms with Crippen LogP contribution in [0.5, 0.6) is 11.8 Å². The summed E-state index contributed by atoms with van der Waals surface area (Å²) in [6, 6.07) is 14.8. The van der Waals surface area contributed by atoms with E-state index in [4.69, 9.17) is 4.74 Å². The Balaban J connectivity index is 1.63. The number of hydrogen-bond acceptors (Lipinski definition) is 6. The number of nitrogens with zero attached hydrogens (tertiary/aromatic N) is 3. The fourth-order valence-corrected chi connectivity index (χ4v) is 4.30. The van der Waals surface area contributed by atoms with E-state index in [1.54, 1.807) is 48.5 Å². The second kappa shape index (κ2) is 6.23. The van der Waals surface area contributed by atoms with E-state index in [1.165, 1.54) is 16.6 Å². The molecule has 7 nitrogen and oxygen atoms in total. The van der Waals surface area contributed by atoms with Crippen LogP contribution in [0.15, 0.2) is 65.7 Å². The van der Waals surface area contributed by atoms with Gasteiger partial charge in [0, 0.05) is 17.8 Å². The molecule has 0 aliphatic carbocycles. The summed E-state index contributed by atoms with van der Waals surface area (Å²) in [6.45, 7) is 0.211. The Morgan fingerprint density at radius 1 is 1.04 bits per heavy atom. The molecule has 3 aromatic rings.